The molecule has 3 rings (SSSR count). The average Bonchev–Trinajstić information content (AvgIpc) is 2.91. The number of hydrogen-bond donors (Lipinski definition) is 2. The summed E-state index contributed by atoms with van der Waals surface area (Å²) in [7, 11) is -2.00. The highest BCUT2D eigenvalue weighted by Crippen LogP contribution is 2.27. The Morgan fingerprint density at radius 3 is 2.20 bits per heavy atom. The summed E-state index contributed by atoms with van der Waals surface area (Å²) >= 11 is 0. The Labute approximate surface area is 147 Å². The van der Waals surface area contributed by atoms with Gasteiger partial charge < -0.3 is 9.88 Å². The molecule has 0 spiro atoms. The van der Waals surface area contributed by atoms with Crippen molar-refractivity contribution in [3.63, 3.8) is 0 Å². The summed E-state index contributed by atoms with van der Waals surface area (Å²) in [5, 5.41) is 3.24. The van der Waals surface area contributed by atoms with Gasteiger partial charge in [-0.3, -0.25) is 4.72 Å². The van der Waals surface area contributed by atoms with Gasteiger partial charge in [0.15, 0.2) is 5.03 Å². The second-order valence-corrected chi connectivity index (χ2v) is 7.51. The summed E-state index contributed by atoms with van der Waals surface area (Å²) in [5.74, 6) is 0.631. The first-order valence-corrected chi connectivity index (χ1v) is 9.29. The van der Waals surface area contributed by atoms with E-state index in [4.69, 9.17) is 0 Å². The molecule has 0 aliphatic rings. The summed E-state index contributed by atoms with van der Waals surface area (Å²) in [6.07, 6.45) is 1.49. The number of sulfonamides is 1. The van der Waals surface area contributed by atoms with Gasteiger partial charge in [0.2, 0.25) is 0 Å². The second kappa shape index (κ2) is 6.60. The Hall–Kier alpha value is -2.80. The van der Waals surface area contributed by atoms with E-state index in [9.17, 15) is 8.42 Å². The zero-order chi connectivity index (χ0) is 18.0. The lowest BCUT2D eigenvalue weighted by Gasteiger charge is -2.13. The molecule has 0 aliphatic carbocycles. The van der Waals surface area contributed by atoms with E-state index < -0.39 is 10.0 Å². The molecule has 130 valence electrons. The molecule has 0 bridgehead atoms. The van der Waals surface area contributed by atoms with Crippen LogP contribution in [0.1, 0.15) is 11.4 Å². The second-order valence-electron chi connectivity index (χ2n) is 5.88. The Morgan fingerprint density at radius 1 is 0.960 bits per heavy atom. The van der Waals surface area contributed by atoms with Gasteiger partial charge in [0.05, 0.1) is 11.4 Å². The van der Waals surface area contributed by atoms with Crippen LogP contribution in [0, 0.1) is 13.8 Å². The SMILES string of the molecule is Cc1ccc(Nc2ccccc2NS(=O)(=O)c2cn(C)c(C)n2)cc1. The molecular formula is C18H20N4O2S. The summed E-state index contributed by atoms with van der Waals surface area (Å²) in [5.41, 5.74) is 3.17. The van der Waals surface area contributed by atoms with E-state index in [1.807, 2.05) is 43.3 Å². The maximum atomic E-state index is 12.6. The minimum atomic E-state index is -3.76. The molecule has 3 aromatic rings. The number of anilines is 3. The summed E-state index contributed by atoms with van der Waals surface area (Å²) in [6.45, 7) is 3.77. The highest BCUT2D eigenvalue weighted by atomic mass is 32.2. The zero-order valence-electron chi connectivity index (χ0n) is 14.3. The van der Waals surface area contributed by atoms with Crippen molar-refractivity contribution in [2.45, 2.75) is 18.9 Å². The largest absolute Gasteiger partial charge is 0.354 e. The number of nitrogens with one attached hydrogen (secondary N) is 2. The molecule has 1 heterocycles. The Balaban J connectivity index is 1.89. The monoisotopic (exact) mass is 356 g/mol. The van der Waals surface area contributed by atoms with Crippen LogP contribution in [0.15, 0.2) is 59.8 Å². The Bertz CT molecular complexity index is 973. The third kappa shape index (κ3) is 3.83. The predicted molar refractivity (Wildman–Crippen MR) is 99.7 cm³/mol. The van der Waals surface area contributed by atoms with E-state index in [0.29, 0.717) is 17.2 Å². The van der Waals surface area contributed by atoms with E-state index in [-0.39, 0.29) is 5.03 Å². The van der Waals surface area contributed by atoms with Gasteiger partial charge in [-0.2, -0.15) is 8.42 Å². The molecule has 0 atom stereocenters. The van der Waals surface area contributed by atoms with Crippen molar-refractivity contribution < 1.29 is 8.42 Å². The highest BCUT2D eigenvalue weighted by Gasteiger charge is 2.19. The van der Waals surface area contributed by atoms with Gasteiger partial charge in [-0.05, 0) is 38.1 Å². The first-order chi connectivity index (χ1) is 11.8. The van der Waals surface area contributed by atoms with Gasteiger partial charge in [-0.25, -0.2) is 4.98 Å². The molecule has 0 saturated carbocycles. The fourth-order valence-electron chi connectivity index (χ4n) is 2.33. The van der Waals surface area contributed by atoms with E-state index in [1.165, 1.54) is 6.20 Å². The van der Waals surface area contributed by atoms with E-state index in [2.05, 4.69) is 15.0 Å². The molecule has 6 nitrogen and oxygen atoms in total. The fraction of sp³-hybridized carbons (Fsp3) is 0.167. The predicted octanol–water partition coefficient (Wildman–Crippen LogP) is 3.58. The molecule has 7 heteroatoms. The van der Waals surface area contributed by atoms with Gasteiger partial charge in [0.25, 0.3) is 10.0 Å². The van der Waals surface area contributed by atoms with Crippen molar-refractivity contribution in [1.82, 2.24) is 9.55 Å². The molecule has 2 N–H and O–H groups in total. The van der Waals surface area contributed by atoms with Gasteiger partial charge >= 0.3 is 0 Å². The molecule has 2 aromatic carbocycles. The lowest BCUT2D eigenvalue weighted by atomic mass is 10.2. The number of rotatable bonds is 5. The molecule has 1 aromatic heterocycles. The number of benzene rings is 2. The van der Waals surface area contributed by atoms with Crippen LogP contribution in [0.4, 0.5) is 17.1 Å². The normalized spacial score (nSPS) is 11.3. The topological polar surface area (TPSA) is 76.0 Å². The van der Waals surface area contributed by atoms with Gasteiger partial charge in [0, 0.05) is 18.9 Å². The van der Waals surface area contributed by atoms with E-state index >= 15 is 0 Å². The third-order valence-corrected chi connectivity index (χ3v) is 5.10. The van der Waals surface area contributed by atoms with Crippen LogP contribution in [0.3, 0.4) is 0 Å². The lowest BCUT2D eigenvalue weighted by molar-refractivity contribution is 0.598. The van der Waals surface area contributed by atoms with Crippen molar-refractivity contribution in [3.05, 3.63) is 66.1 Å². The van der Waals surface area contributed by atoms with Crippen LogP contribution in [-0.4, -0.2) is 18.0 Å². The van der Waals surface area contributed by atoms with Crippen LogP contribution in [0.25, 0.3) is 0 Å². The smallest absolute Gasteiger partial charge is 0.281 e. The summed E-state index contributed by atoms with van der Waals surface area (Å²) in [4.78, 5) is 4.09. The van der Waals surface area contributed by atoms with Gasteiger partial charge in [-0.15, -0.1) is 0 Å². The number of imidazole rings is 1. The van der Waals surface area contributed by atoms with E-state index in [0.717, 1.165) is 11.3 Å². The number of hydrogen-bond acceptors (Lipinski definition) is 4. The molecule has 0 aliphatic heterocycles. The third-order valence-electron chi connectivity index (χ3n) is 3.86. The summed E-state index contributed by atoms with van der Waals surface area (Å²) in [6, 6.07) is 15.0. The molecular weight excluding hydrogens is 336 g/mol. The maximum Gasteiger partial charge on any atom is 0.281 e. The molecule has 0 amide bonds. The number of aryl methyl sites for hydroxylation is 3. The first-order valence-electron chi connectivity index (χ1n) is 7.81. The van der Waals surface area contributed by atoms with Crippen LogP contribution in [0.2, 0.25) is 0 Å². The van der Waals surface area contributed by atoms with Crippen molar-refractivity contribution in [2.75, 3.05) is 10.0 Å². The Kier molecular flexibility index (Phi) is 4.50. The number of nitrogens with zero attached hydrogens (tertiary/aromatic N) is 2. The van der Waals surface area contributed by atoms with Crippen LogP contribution < -0.4 is 10.0 Å². The molecule has 0 saturated heterocycles. The number of aromatic nitrogens is 2. The lowest BCUT2D eigenvalue weighted by Crippen LogP contribution is -2.14. The molecule has 25 heavy (non-hydrogen) atoms. The Morgan fingerprint density at radius 2 is 1.60 bits per heavy atom. The quantitative estimate of drug-likeness (QED) is 0.733. The fourth-order valence-corrected chi connectivity index (χ4v) is 3.45. The minimum absolute atomic E-state index is 0.00219. The minimum Gasteiger partial charge on any atom is -0.354 e. The van der Waals surface area contributed by atoms with Crippen molar-refractivity contribution in [1.29, 1.82) is 0 Å². The average molecular weight is 356 g/mol. The molecule has 0 unspecified atom stereocenters. The van der Waals surface area contributed by atoms with Crippen LogP contribution in [-0.2, 0) is 17.1 Å². The van der Waals surface area contributed by atoms with Crippen molar-refractivity contribution in [3.8, 4) is 0 Å². The molecule has 0 radical (unpaired) electrons. The molecule has 0 fully saturated rings. The van der Waals surface area contributed by atoms with Crippen molar-refractivity contribution in [2.24, 2.45) is 7.05 Å². The van der Waals surface area contributed by atoms with E-state index in [1.54, 1.807) is 30.7 Å². The van der Waals surface area contributed by atoms with Gasteiger partial charge in [0.1, 0.15) is 5.82 Å². The van der Waals surface area contributed by atoms with Crippen molar-refractivity contribution >= 4 is 27.1 Å². The highest BCUT2D eigenvalue weighted by molar-refractivity contribution is 7.92. The zero-order valence-corrected chi connectivity index (χ0v) is 15.1. The number of para-hydroxylation sites is 2. The van der Waals surface area contributed by atoms with Gasteiger partial charge in [-0.1, -0.05) is 29.8 Å². The maximum absolute atomic E-state index is 12.6. The summed E-state index contributed by atoms with van der Waals surface area (Å²) < 4.78 is 29.5. The van der Waals surface area contributed by atoms with Crippen LogP contribution >= 0.6 is 0 Å². The first kappa shape index (κ1) is 17.0. The standard InChI is InChI=1S/C18H20N4O2S/c1-13-8-10-15(11-9-13)20-16-6-4-5-7-17(16)21-25(23,24)18-12-22(3)14(2)19-18/h4-12,20-21H,1-3H3. The van der Waals surface area contributed by atoms with Crippen LogP contribution in [0.5, 0.6) is 0 Å².